The van der Waals surface area contributed by atoms with Gasteiger partial charge in [-0.1, -0.05) is 0 Å². The minimum absolute atomic E-state index is 0.0480. The minimum atomic E-state index is -0.492. The maximum absolute atomic E-state index is 11.7. The number of aromatic hydroxyl groups is 1. The third-order valence-corrected chi connectivity index (χ3v) is 2.24. The molecule has 0 fully saturated rings. The molecule has 1 aromatic rings. The molecule has 0 radical (unpaired) electrons. The van der Waals surface area contributed by atoms with E-state index in [0.717, 1.165) is 0 Å². The highest BCUT2D eigenvalue weighted by molar-refractivity contribution is 5.95. The van der Waals surface area contributed by atoms with Gasteiger partial charge >= 0.3 is 0 Å². The number of benzene rings is 1. The molecular weight excluding hydrogens is 224 g/mol. The molecule has 0 aromatic heterocycles. The first-order valence-electron chi connectivity index (χ1n) is 5.00. The standard InChI is InChI=1S/C11H16N2O4/c1-16-10(17-2)6-13-11(15)7-3-4-9(14)8(12)5-7/h3-5,10,14H,6,12H2,1-2H3,(H,13,15). The summed E-state index contributed by atoms with van der Waals surface area (Å²) in [7, 11) is 2.97. The summed E-state index contributed by atoms with van der Waals surface area (Å²) < 4.78 is 9.85. The summed E-state index contributed by atoms with van der Waals surface area (Å²) in [5.74, 6) is -0.357. The second-order valence-electron chi connectivity index (χ2n) is 3.38. The number of rotatable bonds is 5. The summed E-state index contributed by atoms with van der Waals surface area (Å²) in [5, 5.41) is 11.8. The molecule has 94 valence electrons. The maximum atomic E-state index is 11.7. The third kappa shape index (κ3) is 3.61. The Balaban J connectivity index is 2.61. The molecule has 6 heteroatoms. The molecule has 0 spiro atoms. The Kier molecular flexibility index (Phi) is 4.74. The van der Waals surface area contributed by atoms with Crippen LogP contribution in [-0.4, -0.2) is 38.1 Å². The molecule has 0 bridgehead atoms. The van der Waals surface area contributed by atoms with Crippen molar-refractivity contribution in [3.63, 3.8) is 0 Å². The van der Waals surface area contributed by atoms with Gasteiger partial charge in [-0.2, -0.15) is 0 Å². The van der Waals surface area contributed by atoms with Crippen LogP contribution in [0.3, 0.4) is 0 Å². The normalized spacial score (nSPS) is 10.5. The molecule has 0 saturated carbocycles. The van der Waals surface area contributed by atoms with Crippen LogP contribution in [0.2, 0.25) is 0 Å². The highest BCUT2D eigenvalue weighted by Gasteiger charge is 2.10. The van der Waals surface area contributed by atoms with E-state index in [9.17, 15) is 9.90 Å². The van der Waals surface area contributed by atoms with Crippen molar-refractivity contribution in [2.24, 2.45) is 0 Å². The lowest BCUT2D eigenvalue weighted by Gasteiger charge is -2.14. The zero-order chi connectivity index (χ0) is 12.8. The number of anilines is 1. The minimum Gasteiger partial charge on any atom is -0.506 e. The fourth-order valence-electron chi connectivity index (χ4n) is 1.24. The van der Waals surface area contributed by atoms with Crippen LogP contribution in [0.4, 0.5) is 5.69 Å². The smallest absolute Gasteiger partial charge is 0.251 e. The number of ether oxygens (including phenoxy) is 2. The Morgan fingerprint density at radius 2 is 2.12 bits per heavy atom. The number of nitrogen functional groups attached to an aromatic ring is 1. The topological polar surface area (TPSA) is 93.8 Å². The number of phenolic OH excluding ortho intramolecular Hbond substituents is 1. The van der Waals surface area contributed by atoms with Crippen LogP contribution in [-0.2, 0) is 9.47 Å². The van der Waals surface area contributed by atoms with Crippen molar-refractivity contribution < 1.29 is 19.4 Å². The van der Waals surface area contributed by atoms with Gasteiger partial charge in [-0.05, 0) is 18.2 Å². The van der Waals surface area contributed by atoms with E-state index in [1.165, 1.54) is 32.4 Å². The van der Waals surface area contributed by atoms with Crippen LogP contribution < -0.4 is 11.1 Å². The molecule has 0 aliphatic carbocycles. The third-order valence-electron chi connectivity index (χ3n) is 2.24. The van der Waals surface area contributed by atoms with Crippen molar-refractivity contribution in [3.05, 3.63) is 23.8 Å². The van der Waals surface area contributed by atoms with Gasteiger partial charge in [0.2, 0.25) is 0 Å². The molecule has 0 aliphatic heterocycles. The first-order valence-corrected chi connectivity index (χ1v) is 5.00. The highest BCUT2D eigenvalue weighted by Crippen LogP contribution is 2.20. The zero-order valence-corrected chi connectivity index (χ0v) is 9.77. The number of nitrogens with two attached hydrogens (primary N) is 1. The van der Waals surface area contributed by atoms with E-state index in [4.69, 9.17) is 15.2 Å². The van der Waals surface area contributed by atoms with Gasteiger partial charge in [0.1, 0.15) is 5.75 Å². The summed E-state index contributed by atoms with van der Waals surface area (Å²) in [6, 6.07) is 4.25. The molecule has 6 nitrogen and oxygen atoms in total. The lowest BCUT2D eigenvalue weighted by molar-refractivity contribution is -0.0974. The van der Waals surface area contributed by atoms with Crippen molar-refractivity contribution >= 4 is 11.6 Å². The molecule has 1 aromatic carbocycles. The molecule has 0 heterocycles. The van der Waals surface area contributed by atoms with Crippen LogP contribution in [0.1, 0.15) is 10.4 Å². The summed E-state index contributed by atoms with van der Waals surface area (Å²) in [6.45, 7) is 0.229. The van der Waals surface area contributed by atoms with E-state index < -0.39 is 6.29 Å². The van der Waals surface area contributed by atoms with E-state index in [2.05, 4.69) is 5.32 Å². The molecular formula is C11H16N2O4. The number of carbonyl (C=O) groups is 1. The van der Waals surface area contributed by atoms with Crippen molar-refractivity contribution in [3.8, 4) is 5.75 Å². The van der Waals surface area contributed by atoms with E-state index in [0.29, 0.717) is 5.56 Å². The molecule has 4 N–H and O–H groups in total. The lowest BCUT2D eigenvalue weighted by Crippen LogP contribution is -2.34. The fourth-order valence-corrected chi connectivity index (χ4v) is 1.24. The van der Waals surface area contributed by atoms with E-state index in [1.807, 2.05) is 0 Å². The average Bonchev–Trinajstić information content (AvgIpc) is 2.33. The van der Waals surface area contributed by atoms with Crippen molar-refractivity contribution in [1.29, 1.82) is 0 Å². The first-order chi connectivity index (χ1) is 8.08. The Labute approximate surface area is 99.3 Å². The number of nitrogens with one attached hydrogen (secondary N) is 1. The van der Waals surface area contributed by atoms with Crippen LogP contribution in [0.5, 0.6) is 5.75 Å². The average molecular weight is 240 g/mol. The Morgan fingerprint density at radius 3 is 2.65 bits per heavy atom. The summed E-state index contributed by atoms with van der Waals surface area (Å²) in [4.78, 5) is 11.7. The summed E-state index contributed by atoms with van der Waals surface area (Å²) in [6.07, 6.45) is -0.492. The van der Waals surface area contributed by atoms with E-state index >= 15 is 0 Å². The van der Waals surface area contributed by atoms with Crippen LogP contribution in [0.15, 0.2) is 18.2 Å². The van der Waals surface area contributed by atoms with Crippen LogP contribution >= 0.6 is 0 Å². The number of methoxy groups -OCH3 is 2. The van der Waals surface area contributed by atoms with E-state index in [-0.39, 0.29) is 23.9 Å². The maximum Gasteiger partial charge on any atom is 0.251 e. The predicted octanol–water partition coefficient (Wildman–Crippen LogP) is 0.323. The Hall–Kier alpha value is -1.79. The van der Waals surface area contributed by atoms with Gasteiger partial charge in [0.25, 0.3) is 5.91 Å². The number of hydrogen-bond donors (Lipinski definition) is 3. The summed E-state index contributed by atoms with van der Waals surface area (Å²) >= 11 is 0. The molecule has 0 unspecified atom stereocenters. The van der Waals surface area contributed by atoms with E-state index in [1.54, 1.807) is 0 Å². The van der Waals surface area contributed by atoms with Gasteiger partial charge in [0, 0.05) is 19.8 Å². The number of carbonyl (C=O) groups excluding carboxylic acids is 1. The molecule has 1 amide bonds. The molecule has 1 rings (SSSR count). The molecule has 0 saturated heterocycles. The Morgan fingerprint density at radius 1 is 1.47 bits per heavy atom. The van der Waals surface area contributed by atoms with Gasteiger partial charge < -0.3 is 25.6 Å². The highest BCUT2D eigenvalue weighted by atomic mass is 16.7. The number of hydrogen-bond acceptors (Lipinski definition) is 5. The SMILES string of the molecule is COC(CNC(=O)c1ccc(O)c(N)c1)OC. The van der Waals surface area contributed by atoms with Crippen molar-refractivity contribution in [2.45, 2.75) is 6.29 Å². The quantitative estimate of drug-likeness (QED) is 0.391. The summed E-state index contributed by atoms with van der Waals surface area (Å²) in [5.41, 5.74) is 6.01. The predicted molar refractivity (Wildman–Crippen MR) is 62.7 cm³/mol. The van der Waals surface area contributed by atoms with Crippen molar-refractivity contribution in [2.75, 3.05) is 26.5 Å². The first kappa shape index (κ1) is 13.3. The molecule has 17 heavy (non-hydrogen) atoms. The fraction of sp³-hybridized carbons (Fsp3) is 0.364. The number of amides is 1. The van der Waals surface area contributed by atoms with Gasteiger partial charge in [0.05, 0.1) is 12.2 Å². The van der Waals surface area contributed by atoms with Crippen molar-refractivity contribution in [1.82, 2.24) is 5.32 Å². The van der Waals surface area contributed by atoms with Gasteiger partial charge in [-0.15, -0.1) is 0 Å². The largest absolute Gasteiger partial charge is 0.506 e. The Bertz CT molecular complexity index is 391. The molecule has 0 aliphatic rings. The van der Waals surface area contributed by atoms with Gasteiger partial charge in [-0.3, -0.25) is 4.79 Å². The number of phenols is 1. The second-order valence-corrected chi connectivity index (χ2v) is 3.38. The lowest BCUT2D eigenvalue weighted by atomic mass is 10.2. The van der Waals surface area contributed by atoms with Gasteiger partial charge in [0.15, 0.2) is 6.29 Å². The zero-order valence-electron chi connectivity index (χ0n) is 9.77. The monoisotopic (exact) mass is 240 g/mol. The van der Waals surface area contributed by atoms with Crippen LogP contribution in [0.25, 0.3) is 0 Å². The molecule has 0 atom stereocenters. The van der Waals surface area contributed by atoms with Gasteiger partial charge in [-0.25, -0.2) is 0 Å². The van der Waals surface area contributed by atoms with Crippen LogP contribution in [0, 0.1) is 0 Å². The second kappa shape index (κ2) is 6.07.